The first-order valence-electron chi connectivity index (χ1n) is 9.68. The third-order valence-electron chi connectivity index (χ3n) is 3.81. The minimum absolute atomic E-state index is 0.271. The fraction of sp³-hybridized carbons (Fsp3) is 0.636. The van der Waals surface area contributed by atoms with Gasteiger partial charge in [-0.05, 0) is 57.1 Å². The van der Waals surface area contributed by atoms with Crippen LogP contribution < -0.4 is 0 Å². The van der Waals surface area contributed by atoms with Gasteiger partial charge in [-0.3, -0.25) is 4.79 Å². The normalized spacial score (nSPS) is 11.0. The summed E-state index contributed by atoms with van der Waals surface area (Å²) in [5.41, 5.74) is 3.15. The minimum atomic E-state index is -0.708. The van der Waals surface area contributed by atoms with Crippen LogP contribution in [0.2, 0.25) is 0 Å². The molecule has 0 bridgehead atoms. The Balaban J connectivity index is 3.40. The summed E-state index contributed by atoms with van der Waals surface area (Å²) in [6, 6.07) is 0. The monoisotopic (exact) mass is 332 g/mol. The minimum Gasteiger partial charge on any atom is -0.481 e. The van der Waals surface area contributed by atoms with E-state index in [1.54, 1.807) is 0 Å². The molecule has 0 aromatic heterocycles. The molecule has 0 aromatic carbocycles. The second kappa shape index (κ2) is 19.5. The van der Waals surface area contributed by atoms with Gasteiger partial charge < -0.3 is 5.11 Å². The first-order valence-corrected chi connectivity index (χ1v) is 9.68. The number of carboxylic acid groups (broad SMARTS) is 1. The van der Waals surface area contributed by atoms with Gasteiger partial charge in [0.2, 0.25) is 0 Å². The van der Waals surface area contributed by atoms with Crippen LogP contribution in [-0.2, 0) is 4.79 Å². The van der Waals surface area contributed by atoms with Crippen molar-refractivity contribution >= 4 is 5.97 Å². The van der Waals surface area contributed by atoms with Crippen molar-refractivity contribution in [3.8, 4) is 0 Å². The molecule has 0 aliphatic rings. The Morgan fingerprint density at radius 3 is 2.25 bits per heavy atom. The molecule has 136 valence electrons. The predicted octanol–water partition coefficient (Wildman–Crippen LogP) is 6.99. The lowest BCUT2D eigenvalue weighted by atomic mass is 10.1. The van der Waals surface area contributed by atoms with Crippen LogP contribution in [0.25, 0.3) is 0 Å². The van der Waals surface area contributed by atoms with Gasteiger partial charge >= 0.3 is 5.97 Å². The van der Waals surface area contributed by atoms with Crippen molar-refractivity contribution < 1.29 is 9.90 Å². The first-order chi connectivity index (χ1) is 11.8. The number of allylic oxidation sites excluding steroid dienone is 5. The van der Waals surface area contributed by atoms with Crippen LogP contribution in [0.5, 0.6) is 0 Å². The first kappa shape index (κ1) is 22.5. The molecule has 0 aromatic rings. The summed E-state index contributed by atoms with van der Waals surface area (Å²) >= 11 is 0. The van der Waals surface area contributed by atoms with Crippen LogP contribution >= 0.6 is 0 Å². The van der Waals surface area contributed by atoms with Crippen LogP contribution in [0.1, 0.15) is 90.4 Å². The molecule has 2 nitrogen and oxygen atoms in total. The maximum Gasteiger partial charge on any atom is 0.303 e. The smallest absolute Gasteiger partial charge is 0.303 e. The fourth-order valence-electron chi connectivity index (χ4n) is 2.35. The topological polar surface area (TPSA) is 37.3 Å². The summed E-state index contributed by atoms with van der Waals surface area (Å²) in [6.07, 6.45) is 27.1. The van der Waals surface area contributed by atoms with Gasteiger partial charge in [0.15, 0.2) is 0 Å². The lowest BCUT2D eigenvalue weighted by Gasteiger charge is -1.97. The van der Waals surface area contributed by atoms with Crippen molar-refractivity contribution in [1.29, 1.82) is 0 Å². The van der Waals surface area contributed by atoms with Crippen molar-refractivity contribution in [2.75, 3.05) is 0 Å². The molecule has 0 rings (SSSR count). The molecule has 0 heterocycles. The quantitative estimate of drug-likeness (QED) is 0.188. The largest absolute Gasteiger partial charge is 0.481 e. The molecule has 0 saturated heterocycles. The van der Waals surface area contributed by atoms with E-state index in [1.807, 2.05) is 12.2 Å². The van der Waals surface area contributed by atoms with E-state index >= 15 is 0 Å². The summed E-state index contributed by atoms with van der Waals surface area (Å²) in [5.74, 6) is -0.708. The van der Waals surface area contributed by atoms with Gasteiger partial charge in [-0.25, -0.2) is 0 Å². The van der Waals surface area contributed by atoms with E-state index in [0.717, 1.165) is 32.1 Å². The molecule has 1 N–H and O–H groups in total. The highest BCUT2D eigenvalue weighted by Gasteiger charge is 1.93. The van der Waals surface area contributed by atoms with Gasteiger partial charge in [-0.15, -0.1) is 5.73 Å². The molecular formula is C22H36O2. The maximum atomic E-state index is 10.3. The van der Waals surface area contributed by atoms with Crippen molar-refractivity contribution in [3.05, 3.63) is 42.2 Å². The highest BCUT2D eigenvalue weighted by atomic mass is 16.4. The molecule has 24 heavy (non-hydrogen) atoms. The van der Waals surface area contributed by atoms with Crippen LogP contribution in [-0.4, -0.2) is 11.1 Å². The zero-order valence-corrected chi connectivity index (χ0v) is 15.5. The van der Waals surface area contributed by atoms with Gasteiger partial charge in [0.05, 0.1) is 0 Å². The van der Waals surface area contributed by atoms with Crippen LogP contribution in [0.3, 0.4) is 0 Å². The SMILES string of the molecule is CCCCCCCC/C=C\C/C=C\CC=C=CCCCCC(=O)O. The van der Waals surface area contributed by atoms with Gasteiger partial charge in [0.1, 0.15) is 0 Å². The number of carbonyl (C=O) groups is 1. The average molecular weight is 333 g/mol. The fourth-order valence-corrected chi connectivity index (χ4v) is 2.35. The predicted molar refractivity (Wildman–Crippen MR) is 104 cm³/mol. The summed E-state index contributed by atoms with van der Waals surface area (Å²) in [5, 5.41) is 8.51. The molecule has 0 unspecified atom stereocenters. The molecule has 0 aliphatic heterocycles. The van der Waals surface area contributed by atoms with Crippen LogP contribution in [0.15, 0.2) is 42.2 Å². The van der Waals surface area contributed by atoms with Crippen LogP contribution in [0.4, 0.5) is 0 Å². The third-order valence-corrected chi connectivity index (χ3v) is 3.81. The number of hydrogen-bond donors (Lipinski definition) is 1. The number of hydrogen-bond acceptors (Lipinski definition) is 1. The van der Waals surface area contributed by atoms with Crippen molar-refractivity contribution in [2.24, 2.45) is 0 Å². The third kappa shape index (κ3) is 20.5. The van der Waals surface area contributed by atoms with E-state index in [-0.39, 0.29) is 6.42 Å². The lowest BCUT2D eigenvalue weighted by molar-refractivity contribution is -0.137. The van der Waals surface area contributed by atoms with Gasteiger partial charge in [0, 0.05) is 6.42 Å². The molecule has 0 spiro atoms. The van der Waals surface area contributed by atoms with E-state index in [4.69, 9.17) is 5.11 Å². The van der Waals surface area contributed by atoms with E-state index in [1.165, 1.54) is 44.9 Å². The molecule has 0 saturated carbocycles. The molecular weight excluding hydrogens is 296 g/mol. The zero-order valence-electron chi connectivity index (χ0n) is 15.5. The summed E-state index contributed by atoms with van der Waals surface area (Å²) in [6.45, 7) is 2.26. The van der Waals surface area contributed by atoms with E-state index < -0.39 is 5.97 Å². The summed E-state index contributed by atoms with van der Waals surface area (Å²) in [4.78, 5) is 10.3. The van der Waals surface area contributed by atoms with E-state index in [2.05, 4.69) is 37.0 Å². The summed E-state index contributed by atoms with van der Waals surface area (Å²) in [7, 11) is 0. The second-order valence-electron chi connectivity index (χ2n) is 6.19. The molecule has 0 aliphatic carbocycles. The van der Waals surface area contributed by atoms with E-state index in [9.17, 15) is 4.79 Å². The van der Waals surface area contributed by atoms with Gasteiger partial charge in [-0.2, -0.15) is 0 Å². The highest BCUT2D eigenvalue weighted by Crippen LogP contribution is 2.07. The number of unbranched alkanes of at least 4 members (excludes halogenated alkanes) is 8. The molecule has 0 fully saturated rings. The van der Waals surface area contributed by atoms with E-state index in [0.29, 0.717) is 0 Å². The Morgan fingerprint density at radius 2 is 1.46 bits per heavy atom. The molecule has 0 atom stereocenters. The Kier molecular flexibility index (Phi) is 18.3. The van der Waals surface area contributed by atoms with Crippen molar-refractivity contribution in [1.82, 2.24) is 0 Å². The lowest BCUT2D eigenvalue weighted by Crippen LogP contribution is -1.92. The Labute approximate surface area is 149 Å². The van der Waals surface area contributed by atoms with Crippen molar-refractivity contribution in [2.45, 2.75) is 90.4 Å². The molecule has 2 heteroatoms. The zero-order chi connectivity index (χ0) is 17.7. The molecule has 0 radical (unpaired) electrons. The molecule has 0 amide bonds. The maximum absolute atomic E-state index is 10.3. The van der Waals surface area contributed by atoms with Gasteiger partial charge in [0.25, 0.3) is 0 Å². The second-order valence-corrected chi connectivity index (χ2v) is 6.19. The van der Waals surface area contributed by atoms with Gasteiger partial charge in [-0.1, -0.05) is 63.3 Å². The summed E-state index contributed by atoms with van der Waals surface area (Å²) < 4.78 is 0. The number of rotatable bonds is 16. The average Bonchev–Trinajstić information content (AvgIpc) is 2.56. The highest BCUT2D eigenvalue weighted by molar-refractivity contribution is 5.66. The van der Waals surface area contributed by atoms with Crippen LogP contribution in [0, 0.1) is 0 Å². The Hall–Kier alpha value is -1.53. The Morgan fingerprint density at radius 1 is 0.792 bits per heavy atom. The number of carboxylic acids is 1. The standard InChI is InChI=1S/C22H36O2/c1-2-3-4-5-6-7-8-9-10-11-12-13-14-15-16-17-18-19-20-21-22(23)24/h9-10,12-13,15,17H,2-8,11,14,18-21H2,1H3,(H,23,24)/b10-9-,13-12-. The Bertz CT molecular complexity index is 398. The number of aliphatic carboxylic acids is 1. The van der Waals surface area contributed by atoms with Crippen molar-refractivity contribution in [3.63, 3.8) is 0 Å².